The van der Waals surface area contributed by atoms with Crippen LogP contribution in [-0.4, -0.2) is 47.4 Å². The van der Waals surface area contributed by atoms with Crippen LogP contribution in [0.5, 0.6) is 0 Å². The largest absolute Gasteiger partial charge is 0.466 e. The molecule has 0 aromatic rings. The molecule has 0 aromatic carbocycles. The van der Waals surface area contributed by atoms with Crippen molar-refractivity contribution < 1.29 is 24.5 Å². The van der Waals surface area contributed by atoms with Gasteiger partial charge in [0, 0.05) is 12.8 Å². The first kappa shape index (κ1) is 59.1. The average molecular weight is 858 g/mol. The molecule has 0 aliphatic rings. The van der Waals surface area contributed by atoms with Crippen molar-refractivity contribution in [3.63, 3.8) is 0 Å². The molecule has 0 fully saturated rings. The lowest BCUT2D eigenvalue weighted by Crippen LogP contribution is -2.45. The summed E-state index contributed by atoms with van der Waals surface area (Å²) in [4.78, 5) is 24.4. The maximum Gasteiger partial charge on any atom is 0.305 e. The van der Waals surface area contributed by atoms with Gasteiger partial charge in [0.2, 0.25) is 5.91 Å². The zero-order valence-electron chi connectivity index (χ0n) is 40.6. The molecular formula is C55H103NO5. The van der Waals surface area contributed by atoms with Crippen LogP contribution in [0.15, 0.2) is 36.5 Å². The van der Waals surface area contributed by atoms with Crippen molar-refractivity contribution in [2.75, 3.05) is 13.2 Å². The van der Waals surface area contributed by atoms with Crippen molar-refractivity contribution >= 4 is 11.9 Å². The van der Waals surface area contributed by atoms with E-state index in [4.69, 9.17) is 4.74 Å². The Balaban J connectivity index is 3.43. The molecule has 0 aliphatic heterocycles. The number of nitrogens with one attached hydrogen (secondary N) is 1. The number of ether oxygens (including phenoxy) is 1. The van der Waals surface area contributed by atoms with Crippen LogP contribution in [0.1, 0.15) is 277 Å². The molecule has 0 bridgehead atoms. The molecule has 6 heteroatoms. The second kappa shape index (κ2) is 50.7. The van der Waals surface area contributed by atoms with Gasteiger partial charge in [0.25, 0.3) is 0 Å². The quantitative estimate of drug-likeness (QED) is 0.0322. The minimum atomic E-state index is -0.846. The fourth-order valence-corrected chi connectivity index (χ4v) is 8.00. The first-order valence-electron chi connectivity index (χ1n) is 26.8. The Morgan fingerprint density at radius 1 is 0.459 bits per heavy atom. The van der Waals surface area contributed by atoms with E-state index in [0.29, 0.717) is 19.4 Å². The molecule has 358 valence electrons. The first-order valence-corrected chi connectivity index (χ1v) is 26.8. The van der Waals surface area contributed by atoms with E-state index in [0.717, 1.165) is 51.4 Å². The van der Waals surface area contributed by atoms with Gasteiger partial charge >= 0.3 is 5.97 Å². The Bertz CT molecular complexity index is 993. The Morgan fingerprint density at radius 3 is 1.30 bits per heavy atom. The normalized spacial score (nSPS) is 12.9. The minimum Gasteiger partial charge on any atom is -0.466 e. The van der Waals surface area contributed by atoms with Gasteiger partial charge < -0.3 is 20.3 Å². The number of esters is 1. The molecule has 0 radical (unpaired) electrons. The minimum absolute atomic E-state index is 0.00873. The van der Waals surface area contributed by atoms with Crippen LogP contribution in [0.25, 0.3) is 0 Å². The number of hydrogen-bond donors (Lipinski definition) is 3. The van der Waals surface area contributed by atoms with Crippen LogP contribution >= 0.6 is 0 Å². The van der Waals surface area contributed by atoms with Crippen LogP contribution < -0.4 is 5.32 Å². The Labute approximate surface area is 379 Å². The summed E-state index contributed by atoms with van der Waals surface area (Å²) in [6, 6.07) is -0.630. The molecular weight excluding hydrogens is 755 g/mol. The van der Waals surface area contributed by atoms with Gasteiger partial charge in [-0.3, -0.25) is 9.59 Å². The topological polar surface area (TPSA) is 95.9 Å². The summed E-state index contributed by atoms with van der Waals surface area (Å²) < 4.78 is 5.46. The van der Waals surface area contributed by atoms with Crippen LogP contribution in [0.3, 0.4) is 0 Å². The molecule has 0 rings (SSSR count). The average Bonchev–Trinajstić information content (AvgIpc) is 3.26. The molecule has 0 aliphatic carbocycles. The molecule has 0 heterocycles. The summed E-state index contributed by atoms with van der Waals surface area (Å²) in [6.07, 6.45) is 61.5. The zero-order chi connectivity index (χ0) is 44.4. The predicted molar refractivity (Wildman–Crippen MR) is 264 cm³/mol. The van der Waals surface area contributed by atoms with Crippen LogP contribution in [0.4, 0.5) is 0 Å². The Kier molecular flexibility index (Phi) is 49.1. The fraction of sp³-hybridized carbons (Fsp3) is 0.855. The highest BCUT2D eigenvalue weighted by Gasteiger charge is 2.18. The van der Waals surface area contributed by atoms with E-state index in [1.165, 1.54) is 199 Å². The summed E-state index contributed by atoms with van der Waals surface area (Å²) in [5, 5.41) is 23.0. The number of hydrogen-bond acceptors (Lipinski definition) is 5. The number of amides is 1. The van der Waals surface area contributed by atoms with Crippen molar-refractivity contribution in [2.24, 2.45) is 0 Å². The maximum absolute atomic E-state index is 12.4. The van der Waals surface area contributed by atoms with Gasteiger partial charge in [-0.15, -0.1) is 0 Å². The molecule has 1 amide bonds. The van der Waals surface area contributed by atoms with E-state index >= 15 is 0 Å². The molecule has 2 unspecified atom stereocenters. The summed E-state index contributed by atoms with van der Waals surface area (Å²) in [5.41, 5.74) is 0. The standard InChI is InChI=1S/C55H103NO5/c1-3-5-7-9-11-13-15-17-25-29-33-37-41-45-49-55(60)61-50-46-42-38-34-30-26-23-21-19-18-20-22-24-28-32-36-40-44-48-54(59)56-52(51-57)53(58)47-43-39-35-31-27-16-14-12-10-8-6-4-2/h9,11,15,17,43,47,52-53,57-58H,3-8,10,12-14,16,18-42,44-46,48-51H2,1-2H3,(H,56,59)/b11-9-,17-15-,47-43+. The summed E-state index contributed by atoms with van der Waals surface area (Å²) in [5.74, 6) is -0.0823. The van der Waals surface area contributed by atoms with Gasteiger partial charge in [-0.25, -0.2) is 0 Å². The zero-order valence-corrected chi connectivity index (χ0v) is 40.6. The third kappa shape index (κ3) is 47.4. The number of carbonyl (C=O) groups excluding carboxylic acids is 2. The van der Waals surface area contributed by atoms with Crippen LogP contribution in [0, 0.1) is 0 Å². The van der Waals surface area contributed by atoms with Crippen molar-refractivity contribution in [3.05, 3.63) is 36.5 Å². The second-order valence-corrected chi connectivity index (χ2v) is 18.2. The Morgan fingerprint density at radius 2 is 0.836 bits per heavy atom. The van der Waals surface area contributed by atoms with E-state index in [2.05, 4.69) is 43.5 Å². The highest BCUT2D eigenvalue weighted by Crippen LogP contribution is 2.16. The number of carbonyl (C=O) groups is 2. The van der Waals surface area contributed by atoms with E-state index in [1.54, 1.807) is 6.08 Å². The van der Waals surface area contributed by atoms with Crippen LogP contribution in [0.2, 0.25) is 0 Å². The van der Waals surface area contributed by atoms with Crippen molar-refractivity contribution in [1.82, 2.24) is 5.32 Å². The van der Waals surface area contributed by atoms with Gasteiger partial charge in [-0.1, -0.05) is 243 Å². The lowest BCUT2D eigenvalue weighted by molar-refractivity contribution is -0.143. The number of aliphatic hydroxyl groups is 2. The fourth-order valence-electron chi connectivity index (χ4n) is 8.00. The number of aliphatic hydroxyl groups excluding tert-OH is 2. The highest BCUT2D eigenvalue weighted by molar-refractivity contribution is 5.76. The molecule has 61 heavy (non-hydrogen) atoms. The van der Waals surface area contributed by atoms with Crippen molar-refractivity contribution in [2.45, 2.75) is 289 Å². The predicted octanol–water partition coefficient (Wildman–Crippen LogP) is 16.1. The molecule has 6 nitrogen and oxygen atoms in total. The monoisotopic (exact) mass is 858 g/mol. The van der Waals surface area contributed by atoms with E-state index in [-0.39, 0.29) is 18.5 Å². The molecule has 0 spiro atoms. The highest BCUT2D eigenvalue weighted by atomic mass is 16.5. The van der Waals surface area contributed by atoms with E-state index in [1.807, 2.05) is 6.08 Å². The van der Waals surface area contributed by atoms with Gasteiger partial charge in [0.05, 0.1) is 25.4 Å². The van der Waals surface area contributed by atoms with Crippen molar-refractivity contribution in [1.29, 1.82) is 0 Å². The lowest BCUT2D eigenvalue weighted by Gasteiger charge is -2.20. The second-order valence-electron chi connectivity index (χ2n) is 18.2. The SMILES string of the molecule is CCCC/C=C\C/C=C\CCCCCCCC(=O)OCCCCCCCCCCCCCCCCCCCCC(=O)NC(CO)C(O)/C=C/CCCCCCCCCCCC. The van der Waals surface area contributed by atoms with E-state index in [9.17, 15) is 19.8 Å². The molecule has 3 N–H and O–H groups in total. The third-order valence-electron chi connectivity index (χ3n) is 12.2. The smallest absolute Gasteiger partial charge is 0.305 e. The summed E-state index contributed by atoms with van der Waals surface area (Å²) in [7, 11) is 0. The maximum atomic E-state index is 12.4. The number of allylic oxidation sites excluding steroid dienone is 5. The molecule has 0 saturated carbocycles. The number of unbranched alkanes of at least 4 members (excludes halogenated alkanes) is 34. The third-order valence-corrected chi connectivity index (χ3v) is 12.2. The van der Waals surface area contributed by atoms with Gasteiger partial charge in [0.1, 0.15) is 0 Å². The molecule has 0 saturated heterocycles. The first-order chi connectivity index (χ1) is 30.0. The summed E-state index contributed by atoms with van der Waals surface area (Å²) in [6.45, 7) is 4.84. The van der Waals surface area contributed by atoms with Crippen LogP contribution in [-0.2, 0) is 14.3 Å². The lowest BCUT2D eigenvalue weighted by atomic mass is 10.0. The van der Waals surface area contributed by atoms with E-state index < -0.39 is 12.1 Å². The van der Waals surface area contributed by atoms with Gasteiger partial charge in [-0.05, 0) is 57.8 Å². The van der Waals surface area contributed by atoms with Gasteiger partial charge in [0.15, 0.2) is 0 Å². The Hall–Kier alpha value is -1.92. The molecule has 2 atom stereocenters. The van der Waals surface area contributed by atoms with Crippen molar-refractivity contribution in [3.8, 4) is 0 Å². The molecule has 0 aromatic heterocycles. The number of rotatable bonds is 49. The van der Waals surface area contributed by atoms with Gasteiger partial charge in [-0.2, -0.15) is 0 Å². The summed E-state index contributed by atoms with van der Waals surface area (Å²) >= 11 is 0.